The Labute approximate surface area is 134 Å². The molecule has 1 unspecified atom stereocenters. The van der Waals surface area contributed by atoms with Crippen molar-refractivity contribution in [1.82, 2.24) is 24.7 Å². The van der Waals surface area contributed by atoms with E-state index in [0.29, 0.717) is 0 Å². The number of benzene rings is 1. The molecule has 1 aromatic carbocycles. The fourth-order valence-corrected chi connectivity index (χ4v) is 3.34. The van der Waals surface area contributed by atoms with Gasteiger partial charge in [-0.3, -0.25) is 4.98 Å². The first kappa shape index (κ1) is 15.3. The number of nitrogens with one attached hydrogen (secondary N) is 1. The molecule has 2 heterocycles. The van der Waals surface area contributed by atoms with Gasteiger partial charge in [0, 0.05) is 12.4 Å². The summed E-state index contributed by atoms with van der Waals surface area (Å²) in [6.45, 7) is 0.288. The van der Waals surface area contributed by atoms with Gasteiger partial charge in [-0.25, -0.2) is 13.1 Å². The van der Waals surface area contributed by atoms with Gasteiger partial charge >= 0.3 is 0 Å². The first-order valence-electron chi connectivity index (χ1n) is 6.96. The zero-order valence-corrected chi connectivity index (χ0v) is 13.0. The smallest absolute Gasteiger partial charge is 0.242 e. The Balaban J connectivity index is 1.90. The molecule has 3 aromatic rings. The Morgan fingerprint density at radius 2 is 1.74 bits per heavy atom. The van der Waals surface area contributed by atoms with Crippen LogP contribution in [0.3, 0.4) is 0 Å². The molecule has 0 radical (unpaired) electrons. The van der Waals surface area contributed by atoms with Gasteiger partial charge in [0.15, 0.2) is 0 Å². The summed E-state index contributed by atoms with van der Waals surface area (Å²) >= 11 is 0. The topological polar surface area (TPSA) is 89.8 Å². The standard InChI is InChI=1S/C15H15N5O2S/c21-23(22,14-7-4-8-16-11-14)19-15(12-20-17-9-10-18-20)13-5-2-1-3-6-13/h1-11,15,19H,12H2. The number of rotatable bonds is 6. The highest BCUT2D eigenvalue weighted by Gasteiger charge is 2.22. The molecule has 118 valence electrons. The van der Waals surface area contributed by atoms with E-state index in [4.69, 9.17) is 0 Å². The summed E-state index contributed by atoms with van der Waals surface area (Å²) in [7, 11) is -3.69. The van der Waals surface area contributed by atoms with Crippen LogP contribution in [-0.4, -0.2) is 28.4 Å². The van der Waals surface area contributed by atoms with Crippen molar-refractivity contribution < 1.29 is 8.42 Å². The fraction of sp³-hybridized carbons (Fsp3) is 0.133. The van der Waals surface area contributed by atoms with E-state index in [9.17, 15) is 8.42 Å². The number of aromatic nitrogens is 4. The summed E-state index contributed by atoms with van der Waals surface area (Å²) in [5.41, 5.74) is 0.831. The summed E-state index contributed by atoms with van der Waals surface area (Å²) in [5, 5.41) is 8.09. The molecule has 0 aliphatic rings. The van der Waals surface area contributed by atoms with Gasteiger partial charge in [0.05, 0.1) is 25.0 Å². The molecule has 3 rings (SSSR count). The largest absolute Gasteiger partial charge is 0.263 e. The molecule has 0 aliphatic heterocycles. The van der Waals surface area contributed by atoms with Crippen LogP contribution in [0.15, 0.2) is 72.1 Å². The molecular formula is C15H15N5O2S. The lowest BCUT2D eigenvalue weighted by Crippen LogP contribution is -2.32. The van der Waals surface area contributed by atoms with Gasteiger partial charge in [-0.15, -0.1) is 0 Å². The SMILES string of the molecule is O=S(=O)(NC(Cn1nccn1)c1ccccc1)c1cccnc1. The van der Waals surface area contributed by atoms with Gasteiger partial charge in [-0.2, -0.15) is 15.0 Å². The summed E-state index contributed by atoms with van der Waals surface area (Å²) in [5.74, 6) is 0. The number of sulfonamides is 1. The van der Waals surface area contributed by atoms with E-state index in [-0.39, 0.29) is 11.4 Å². The highest BCUT2D eigenvalue weighted by Crippen LogP contribution is 2.18. The van der Waals surface area contributed by atoms with Crippen molar-refractivity contribution in [3.05, 3.63) is 72.8 Å². The number of hydrogen-bond donors (Lipinski definition) is 1. The van der Waals surface area contributed by atoms with E-state index in [1.165, 1.54) is 23.3 Å². The molecule has 0 saturated heterocycles. The molecule has 0 saturated carbocycles. The number of pyridine rings is 1. The average Bonchev–Trinajstić information content (AvgIpc) is 3.09. The van der Waals surface area contributed by atoms with E-state index < -0.39 is 16.1 Å². The van der Waals surface area contributed by atoms with Crippen LogP contribution in [0.5, 0.6) is 0 Å². The highest BCUT2D eigenvalue weighted by molar-refractivity contribution is 7.89. The minimum Gasteiger partial charge on any atom is -0.263 e. The lowest BCUT2D eigenvalue weighted by molar-refractivity contribution is 0.444. The molecular weight excluding hydrogens is 314 g/mol. The van der Waals surface area contributed by atoms with Crippen molar-refractivity contribution in [2.45, 2.75) is 17.5 Å². The lowest BCUT2D eigenvalue weighted by Gasteiger charge is -2.18. The molecule has 1 N–H and O–H groups in total. The molecule has 0 bridgehead atoms. The third-order valence-corrected chi connectivity index (χ3v) is 4.71. The van der Waals surface area contributed by atoms with E-state index in [2.05, 4.69) is 19.9 Å². The zero-order chi connectivity index (χ0) is 16.1. The van der Waals surface area contributed by atoms with E-state index >= 15 is 0 Å². The molecule has 8 heteroatoms. The summed E-state index contributed by atoms with van der Waals surface area (Å²) in [4.78, 5) is 5.43. The maximum atomic E-state index is 12.5. The minimum absolute atomic E-state index is 0.120. The Hall–Kier alpha value is -2.58. The second-order valence-corrected chi connectivity index (χ2v) is 6.57. The van der Waals surface area contributed by atoms with Crippen LogP contribution in [0.1, 0.15) is 11.6 Å². The third-order valence-electron chi connectivity index (χ3n) is 3.26. The highest BCUT2D eigenvalue weighted by atomic mass is 32.2. The maximum absolute atomic E-state index is 12.5. The summed E-state index contributed by atoms with van der Waals surface area (Å²) in [6.07, 6.45) is 5.95. The van der Waals surface area contributed by atoms with Crippen molar-refractivity contribution in [3.63, 3.8) is 0 Å². The van der Waals surface area contributed by atoms with Crippen LogP contribution in [-0.2, 0) is 16.6 Å². The third kappa shape index (κ3) is 3.79. The van der Waals surface area contributed by atoms with Crippen LogP contribution in [0, 0.1) is 0 Å². The summed E-state index contributed by atoms with van der Waals surface area (Å²) < 4.78 is 27.8. The van der Waals surface area contributed by atoms with Gasteiger partial charge in [-0.05, 0) is 17.7 Å². The van der Waals surface area contributed by atoms with Crippen molar-refractivity contribution >= 4 is 10.0 Å². The fourth-order valence-electron chi connectivity index (χ4n) is 2.16. The van der Waals surface area contributed by atoms with Crippen molar-refractivity contribution in [3.8, 4) is 0 Å². The van der Waals surface area contributed by atoms with E-state index in [1.54, 1.807) is 18.5 Å². The van der Waals surface area contributed by atoms with Gasteiger partial charge in [0.1, 0.15) is 4.90 Å². The van der Waals surface area contributed by atoms with E-state index in [1.807, 2.05) is 30.3 Å². The lowest BCUT2D eigenvalue weighted by atomic mass is 10.1. The Morgan fingerprint density at radius 3 is 2.39 bits per heavy atom. The van der Waals surface area contributed by atoms with Gasteiger partial charge in [0.25, 0.3) is 0 Å². The predicted molar refractivity (Wildman–Crippen MR) is 83.8 cm³/mol. The summed E-state index contributed by atoms with van der Waals surface area (Å²) in [6, 6.07) is 11.9. The molecule has 7 nitrogen and oxygen atoms in total. The number of hydrogen-bond acceptors (Lipinski definition) is 5. The van der Waals surface area contributed by atoms with Gasteiger partial charge in [0.2, 0.25) is 10.0 Å². The normalized spacial score (nSPS) is 12.9. The Kier molecular flexibility index (Phi) is 4.45. The molecule has 23 heavy (non-hydrogen) atoms. The zero-order valence-electron chi connectivity index (χ0n) is 12.1. The minimum atomic E-state index is -3.69. The average molecular weight is 329 g/mol. The number of nitrogens with zero attached hydrogens (tertiary/aromatic N) is 4. The molecule has 0 spiro atoms. The van der Waals surface area contributed by atoms with Crippen molar-refractivity contribution in [2.75, 3.05) is 0 Å². The molecule has 0 aliphatic carbocycles. The van der Waals surface area contributed by atoms with Crippen molar-refractivity contribution in [2.24, 2.45) is 0 Å². The van der Waals surface area contributed by atoms with Crippen LogP contribution >= 0.6 is 0 Å². The van der Waals surface area contributed by atoms with Crippen LogP contribution < -0.4 is 4.72 Å². The van der Waals surface area contributed by atoms with Crippen LogP contribution in [0.25, 0.3) is 0 Å². The molecule has 2 aromatic heterocycles. The molecule has 0 fully saturated rings. The van der Waals surface area contributed by atoms with Crippen LogP contribution in [0.2, 0.25) is 0 Å². The van der Waals surface area contributed by atoms with Gasteiger partial charge in [-0.1, -0.05) is 30.3 Å². The monoisotopic (exact) mass is 329 g/mol. The first-order chi connectivity index (χ1) is 11.1. The van der Waals surface area contributed by atoms with Gasteiger partial charge < -0.3 is 0 Å². The van der Waals surface area contributed by atoms with E-state index in [0.717, 1.165) is 5.56 Å². The molecule has 0 amide bonds. The van der Waals surface area contributed by atoms with Crippen molar-refractivity contribution in [1.29, 1.82) is 0 Å². The first-order valence-corrected chi connectivity index (χ1v) is 8.45. The Morgan fingerprint density at radius 1 is 1.00 bits per heavy atom. The second-order valence-electron chi connectivity index (χ2n) is 4.86. The predicted octanol–water partition coefficient (Wildman–Crippen LogP) is 1.39. The quantitative estimate of drug-likeness (QED) is 0.738. The Bertz CT molecular complexity index is 836. The second kappa shape index (κ2) is 6.67. The maximum Gasteiger partial charge on any atom is 0.242 e. The molecule has 1 atom stereocenters. The van der Waals surface area contributed by atoms with Crippen LogP contribution in [0.4, 0.5) is 0 Å².